The van der Waals surface area contributed by atoms with Gasteiger partial charge in [-0.1, -0.05) is 177 Å². The average Bonchev–Trinajstić information content (AvgIpc) is 3.25. The number of esters is 2. The Morgan fingerprint density at radius 2 is 0.852 bits per heavy atom. The molecule has 2 atom stereocenters. The molecule has 0 aliphatic rings. The highest BCUT2D eigenvalue weighted by molar-refractivity contribution is 7.47. The third-order valence-corrected chi connectivity index (χ3v) is 11.0. The van der Waals surface area contributed by atoms with Crippen LogP contribution in [0.3, 0.4) is 0 Å². The maximum Gasteiger partial charge on any atom is 0.472 e. The number of phosphoric ester groups is 1. The molecule has 0 saturated carbocycles. The van der Waals surface area contributed by atoms with Gasteiger partial charge in [-0.25, -0.2) is 4.57 Å². The van der Waals surface area contributed by atoms with Gasteiger partial charge in [0.15, 0.2) is 6.10 Å². The van der Waals surface area contributed by atoms with Crippen molar-refractivity contribution in [2.75, 3.05) is 26.4 Å². The highest BCUT2D eigenvalue weighted by atomic mass is 31.2. The highest BCUT2D eigenvalue weighted by Gasteiger charge is 2.26. The SMILES string of the molecule is CCCCC/C=C\C/C=C\C/C=C\CCCCCCCCC(=O)OCC(COP(=O)(O)OCCN)OC(=O)CCCCCCCC/C=C\C/C=C\C/C=C\CCCCCCC. The number of nitrogens with two attached hydrogens (primary N) is 1. The van der Waals surface area contributed by atoms with Crippen LogP contribution in [-0.4, -0.2) is 49.3 Å². The summed E-state index contributed by atoms with van der Waals surface area (Å²) < 4.78 is 32.9. The van der Waals surface area contributed by atoms with Crippen molar-refractivity contribution in [3.8, 4) is 0 Å². The molecule has 2 unspecified atom stereocenters. The molecule has 0 spiro atoms. The van der Waals surface area contributed by atoms with Gasteiger partial charge >= 0.3 is 19.8 Å². The van der Waals surface area contributed by atoms with Gasteiger partial charge in [0.1, 0.15) is 6.61 Å². The minimum absolute atomic E-state index is 0.0455. The maximum absolute atomic E-state index is 12.6. The first-order valence-corrected chi connectivity index (χ1v) is 25.9. The van der Waals surface area contributed by atoms with Gasteiger partial charge in [-0.3, -0.25) is 18.6 Å². The smallest absolute Gasteiger partial charge is 0.462 e. The van der Waals surface area contributed by atoms with Crippen LogP contribution in [0.25, 0.3) is 0 Å². The van der Waals surface area contributed by atoms with E-state index in [1.807, 2.05) is 0 Å². The standard InChI is InChI=1S/C51H90NO8P/c1-3-5-7-9-11-13-15-17-19-21-23-24-26-28-30-32-34-36-38-40-42-44-51(54)60-49(48-59-61(55,56)58-46-45-52)47-57-50(53)43-41-39-37-35-33-31-29-27-25-22-20-18-16-14-12-10-8-6-4-2/h12,14-15,17-18,20-21,23,25-28,49H,3-11,13,16,19,22,24,29-48,52H2,1-2H3,(H,55,56)/b14-12-,17-15-,20-18-,23-21-,27-25-,28-26-. The lowest BCUT2D eigenvalue weighted by atomic mass is 10.1. The number of phosphoric acid groups is 1. The van der Waals surface area contributed by atoms with Crippen LogP contribution in [0, 0.1) is 0 Å². The van der Waals surface area contributed by atoms with E-state index in [9.17, 15) is 19.0 Å². The summed E-state index contributed by atoms with van der Waals surface area (Å²) in [7, 11) is -4.39. The molecule has 0 aromatic carbocycles. The summed E-state index contributed by atoms with van der Waals surface area (Å²) in [5.41, 5.74) is 5.36. The first-order valence-electron chi connectivity index (χ1n) is 24.4. The van der Waals surface area contributed by atoms with Gasteiger partial charge in [-0.05, 0) is 89.9 Å². The van der Waals surface area contributed by atoms with E-state index in [4.69, 9.17) is 24.3 Å². The van der Waals surface area contributed by atoms with Crippen LogP contribution in [0.5, 0.6) is 0 Å². The van der Waals surface area contributed by atoms with Crippen molar-refractivity contribution in [1.82, 2.24) is 0 Å². The lowest BCUT2D eigenvalue weighted by Crippen LogP contribution is -2.29. The third-order valence-electron chi connectivity index (χ3n) is 10.1. The Balaban J connectivity index is 4.16. The largest absolute Gasteiger partial charge is 0.472 e. The Morgan fingerprint density at radius 1 is 0.492 bits per heavy atom. The van der Waals surface area contributed by atoms with E-state index in [1.165, 1.54) is 70.6 Å². The molecule has 0 rings (SSSR count). The minimum Gasteiger partial charge on any atom is -0.462 e. The van der Waals surface area contributed by atoms with Crippen molar-refractivity contribution in [2.24, 2.45) is 5.73 Å². The highest BCUT2D eigenvalue weighted by Crippen LogP contribution is 2.43. The van der Waals surface area contributed by atoms with E-state index in [-0.39, 0.29) is 32.6 Å². The maximum atomic E-state index is 12.6. The van der Waals surface area contributed by atoms with E-state index in [0.717, 1.165) is 96.3 Å². The molecule has 0 saturated heterocycles. The lowest BCUT2D eigenvalue weighted by Gasteiger charge is -2.19. The molecule has 0 aromatic heterocycles. The summed E-state index contributed by atoms with van der Waals surface area (Å²) in [5, 5.41) is 0. The first kappa shape index (κ1) is 58.5. The molecule has 10 heteroatoms. The molecular weight excluding hydrogens is 786 g/mol. The molecule has 0 amide bonds. The summed E-state index contributed by atoms with van der Waals surface area (Å²) >= 11 is 0. The topological polar surface area (TPSA) is 134 Å². The summed E-state index contributed by atoms with van der Waals surface area (Å²) in [6.07, 6.45) is 57.8. The number of rotatable bonds is 45. The molecule has 3 N–H and O–H groups in total. The van der Waals surface area contributed by atoms with Gasteiger partial charge in [-0.2, -0.15) is 0 Å². The Kier molecular flexibility index (Phi) is 45.0. The summed E-state index contributed by atoms with van der Waals surface area (Å²) in [4.78, 5) is 35.0. The molecule has 0 fully saturated rings. The fraction of sp³-hybridized carbons (Fsp3) is 0.725. The van der Waals surface area contributed by atoms with Gasteiger partial charge in [0.2, 0.25) is 0 Å². The molecule has 61 heavy (non-hydrogen) atoms. The second-order valence-electron chi connectivity index (χ2n) is 16.0. The second kappa shape index (κ2) is 46.9. The number of hydrogen-bond donors (Lipinski definition) is 2. The molecule has 9 nitrogen and oxygen atoms in total. The van der Waals surface area contributed by atoms with Crippen LogP contribution in [0.4, 0.5) is 0 Å². The zero-order chi connectivity index (χ0) is 44.6. The number of hydrogen-bond acceptors (Lipinski definition) is 8. The zero-order valence-electron chi connectivity index (χ0n) is 38.9. The average molecular weight is 876 g/mol. The van der Waals surface area contributed by atoms with Gasteiger partial charge in [0, 0.05) is 19.4 Å². The molecule has 352 valence electrons. The lowest BCUT2D eigenvalue weighted by molar-refractivity contribution is -0.161. The number of carbonyl (C=O) groups is 2. The quantitative estimate of drug-likeness (QED) is 0.0265. The second-order valence-corrected chi connectivity index (χ2v) is 17.4. The number of carbonyl (C=O) groups excluding carboxylic acids is 2. The Labute approximate surface area is 373 Å². The van der Waals surface area contributed by atoms with E-state index >= 15 is 0 Å². The van der Waals surface area contributed by atoms with Crippen LogP contribution in [-0.2, 0) is 32.7 Å². The van der Waals surface area contributed by atoms with Crippen LogP contribution < -0.4 is 5.73 Å². The van der Waals surface area contributed by atoms with E-state index in [1.54, 1.807) is 0 Å². The number of unbranched alkanes of at least 4 members (excludes halogenated alkanes) is 20. The normalized spacial score (nSPS) is 13.8. The van der Waals surface area contributed by atoms with Crippen molar-refractivity contribution < 1.29 is 37.6 Å². The van der Waals surface area contributed by atoms with Gasteiger partial charge in [0.05, 0.1) is 13.2 Å². The minimum atomic E-state index is -4.39. The number of allylic oxidation sites excluding steroid dienone is 12. The first-order chi connectivity index (χ1) is 29.8. The Morgan fingerprint density at radius 3 is 1.30 bits per heavy atom. The van der Waals surface area contributed by atoms with Crippen molar-refractivity contribution in [2.45, 2.75) is 213 Å². The predicted octanol–water partition coefficient (Wildman–Crippen LogP) is 14.6. The Hall–Kier alpha value is -2.55. The van der Waals surface area contributed by atoms with E-state index in [0.29, 0.717) is 12.8 Å². The predicted molar refractivity (Wildman–Crippen MR) is 256 cm³/mol. The molecule has 0 aromatic rings. The summed E-state index contributed by atoms with van der Waals surface area (Å²) in [5.74, 6) is -0.860. The summed E-state index contributed by atoms with van der Waals surface area (Å²) in [6.45, 7) is 3.67. The van der Waals surface area contributed by atoms with E-state index in [2.05, 4.69) is 86.8 Å². The van der Waals surface area contributed by atoms with Crippen LogP contribution >= 0.6 is 7.82 Å². The van der Waals surface area contributed by atoms with Gasteiger partial charge < -0.3 is 20.1 Å². The monoisotopic (exact) mass is 876 g/mol. The molecule has 0 radical (unpaired) electrons. The fourth-order valence-corrected chi connectivity index (χ4v) is 7.18. The molecule has 0 heterocycles. The van der Waals surface area contributed by atoms with Crippen molar-refractivity contribution >= 4 is 19.8 Å². The summed E-state index contributed by atoms with van der Waals surface area (Å²) in [6, 6.07) is 0. The van der Waals surface area contributed by atoms with Crippen molar-refractivity contribution in [3.05, 3.63) is 72.9 Å². The van der Waals surface area contributed by atoms with Gasteiger partial charge in [0.25, 0.3) is 0 Å². The van der Waals surface area contributed by atoms with Gasteiger partial charge in [-0.15, -0.1) is 0 Å². The Bertz CT molecular complexity index is 1230. The zero-order valence-corrected chi connectivity index (χ0v) is 39.8. The molecule has 0 aliphatic carbocycles. The molecule has 0 bridgehead atoms. The molecular formula is C51H90NO8P. The van der Waals surface area contributed by atoms with Crippen LogP contribution in [0.1, 0.15) is 206 Å². The van der Waals surface area contributed by atoms with Crippen LogP contribution in [0.15, 0.2) is 72.9 Å². The van der Waals surface area contributed by atoms with Crippen molar-refractivity contribution in [1.29, 1.82) is 0 Å². The number of ether oxygens (including phenoxy) is 2. The molecule has 0 aliphatic heterocycles. The fourth-order valence-electron chi connectivity index (χ4n) is 6.41. The van der Waals surface area contributed by atoms with Crippen LogP contribution in [0.2, 0.25) is 0 Å². The van der Waals surface area contributed by atoms with E-state index < -0.39 is 32.5 Å². The third kappa shape index (κ3) is 46.8. The van der Waals surface area contributed by atoms with Crippen molar-refractivity contribution in [3.63, 3.8) is 0 Å².